The van der Waals surface area contributed by atoms with Crippen molar-refractivity contribution in [3.8, 4) is 0 Å². The number of carboxylic acid groups (broad SMARTS) is 2. The third kappa shape index (κ3) is 57.8. The van der Waals surface area contributed by atoms with Crippen LogP contribution in [-0.2, 0) is 9.59 Å². The summed E-state index contributed by atoms with van der Waals surface area (Å²) in [6, 6.07) is 0. The van der Waals surface area contributed by atoms with Crippen LogP contribution >= 0.6 is 0 Å². The molecule has 0 aromatic carbocycles. The Kier molecular flexibility index (Phi) is 50.4. The molecule has 0 amide bonds. The molecule has 0 bridgehead atoms. The second-order valence-electron chi connectivity index (χ2n) is 11.9. The molecule has 6 nitrogen and oxygen atoms in total. The summed E-state index contributed by atoms with van der Waals surface area (Å²) < 4.78 is 3.25. The Morgan fingerprint density at radius 3 is 0.930 bits per heavy atom. The molecule has 43 heavy (non-hydrogen) atoms. The fraction of sp³-hybridized carbons (Fsp3) is 0.944. The van der Waals surface area contributed by atoms with Gasteiger partial charge in [-0.15, -0.1) is 0 Å². The SMILES string of the molecule is C1CNCCN1.CCCCCCCCCCCC(=O)[O-].CCCCCCCCCCCC(=O)[O-].CCC[CH2][Sn+2][CH2]CCC. The van der Waals surface area contributed by atoms with Gasteiger partial charge in [0.2, 0.25) is 0 Å². The molecule has 1 rings (SSSR count). The summed E-state index contributed by atoms with van der Waals surface area (Å²) in [5, 5.41) is 26.6. The monoisotopic (exact) mass is 718 g/mol. The van der Waals surface area contributed by atoms with Gasteiger partial charge in [0.05, 0.1) is 0 Å². The predicted molar refractivity (Wildman–Crippen MR) is 185 cm³/mol. The number of piperazine rings is 1. The number of hydrogen-bond donors (Lipinski definition) is 2. The first-order valence-corrected chi connectivity index (χ1v) is 22.5. The third-order valence-electron chi connectivity index (χ3n) is 7.34. The standard InChI is InChI=1S/2C12H24O2.C4H10N2.2C4H9.Sn/c2*1-2-3-4-5-6-7-8-9-10-11-12(13)14;1-2-6-4-3-5-1;2*1-3-4-2;/h2*2-11H2,1H3,(H,13,14);5-6H,1-4H2;2*1,3-4H2,2H3;/q;;;;;+2/p-2. The van der Waals surface area contributed by atoms with Gasteiger partial charge in [0, 0.05) is 38.1 Å². The molecule has 0 atom stereocenters. The molecule has 0 spiro atoms. The summed E-state index contributed by atoms with van der Waals surface area (Å²) in [6.45, 7) is 13.6. The average molecular weight is 718 g/mol. The van der Waals surface area contributed by atoms with Gasteiger partial charge in [-0.05, 0) is 25.7 Å². The van der Waals surface area contributed by atoms with Gasteiger partial charge in [0.1, 0.15) is 0 Å². The first kappa shape index (κ1) is 47.1. The molecule has 0 aliphatic carbocycles. The maximum atomic E-state index is 10.1. The van der Waals surface area contributed by atoms with Crippen molar-refractivity contribution in [2.45, 2.75) is 191 Å². The van der Waals surface area contributed by atoms with Gasteiger partial charge in [-0.3, -0.25) is 0 Å². The van der Waals surface area contributed by atoms with Gasteiger partial charge >= 0.3 is 69.5 Å². The van der Waals surface area contributed by atoms with E-state index in [1.807, 2.05) is 0 Å². The molecule has 1 aliphatic rings. The Labute approximate surface area is 279 Å². The average Bonchev–Trinajstić information content (AvgIpc) is 3.01. The van der Waals surface area contributed by atoms with Crippen molar-refractivity contribution >= 4 is 33.1 Å². The first-order valence-electron chi connectivity index (χ1n) is 18.5. The second-order valence-corrected chi connectivity index (χ2v) is 16.1. The molecule has 0 saturated carbocycles. The number of carbonyl (C=O) groups excluding carboxylic acids is 2. The van der Waals surface area contributed by atoms with E-state index >= 15 is 0 Å². The molecule has 0 radical (unpaired) electrons. The fourth-order valence-corrected chi connectivity index (χ4v) is 8.65. The minimum atomic E-state index is -0.909. The molecule has 1 aliphatic heterocycles. The maximum absolute atomic E-state index is 10.1. The zero-order valence-corrected chi connectivity index (χ0v) is 32.2. The van der Waals surface area contributed by atoms with Crippen LogP contribution in [0.4, 0.5) is 0 Å². The van der Waals surface area contributed by atoms with Crippen molar-refractivity contribution in [3.63, 3.8) is 0 Å². The molecule has 0 aromatic rings. The van der Waals surface area contributed by atoms with Crippen molar-refractivity contribution in [2.75, 3.05) is 26.2 Å². The van der Waals surface area contributed by atoms with Crippen molar-refractivity contribution < 1.29 is 19.8 Å². The molecule has 7 heteroatoms. The Morgan fingerprint density at radius 1 is 0.442 bits per heavy atom. The van der Waals surface area contributed by atoms with Crippen LogP contribution in [0.1, 0.15) is 182 Å². The van der Waals surface area contributed by atoms with E-state index in [9.17, 15) is 19.8 Å². The van der Waals surface area contributed by atoms with Crippen LogP contribution in [0.2, 0.25) is 8.87 Å². The summed E-state index contributed by atoms with van der Waals surface area (Å²) in [6.07, 6.45) is 28.2. The van der Waals surface area contributed by atoms with Gasteiger partial charge < -0.3 is 30.4 Å². The van der Waals surface area contributed by atoms with E-state index in [0.717, 1.165) is 51.9 Å². The van der Waals surface area contributed by atoms with Crippen molar-refractivity contribution in [1.29, 1.82) is 0 Å². The zero-order valence-electron chi connectivity index (χ0n) is 29.3. The molecule has 1 fully saturated rings. The van der Waals surface area contributed by atoms with E-state index in [-0.39, 0.29) is 34.0 Å². The number of nitrogens with one attached hydrogen (secondary N) is 2. The summed E-state index contributed by atoms with van der Waals surface area (Å²) in [7, 11) is 0. The summed E-state index contributed by atoms with van der Waals surface area (Å²) in [5.74, 6) is -1.82. The number of unbranched alkanes of at least 4 members (excludes halogenated alkanes) is 18. The van der Waals surface area contributed by atoms with Crippen LogP contribution in [0.15, 0.2) is 0 Å². The number of rotatable bonds is 26. The van der Waals surface area contributed by atoms with Crippen molar-refractivity contribution in [2.24, 2.45) is 0 Å². The molecule has 0 aromatic heterocycles. The third-order valence-corrected chi connectivity index (χ3v) is 11.4. The van der Waals surface area contributed by atoms with E-state index < -0.39 is 11.9 Å². The van der Waals surface area contributed by atoms with Crippen molar-refractivity contribution in [1.82, 2.24) is 10.6 Å². The van der Waals surface area contributed by atoms with E-state index in [1.54, 1.807) is 8.87 Å². The Hall–Kier alpha value is -0.341. The van der Waals surface area contributed by atoms with Crippen LogP contribution in [-0.4, -0.2) is 59.3 Å². The van der Waals surface area contributed by atoms with Gasteiger partial charge in [-0.1, -0.05) is 117 Å². The van der Waals surface area contributed by atoms with Crippen LogP contribution < -0.4 is 20.8 Å². The minimum absolute atomic E-state index is 0.149. The van der Waals surface area contributed by atoms with Crippen molar-refractivity contribution in [3.05, 3.63) is 0 Å². The summed E-state index contributed by atoms with van der Waals surface area (Å²) in [4.78, 5) is 20.2. The Bertz CT molecular complexity index is 470. The first-order chi connectivity index (χ1) is 21.0. The zero-order chi connectivity index (χ0) is 32.5. The molecule has 256 valence electrons. The van der Waals surface area contributed by atoms with Gasteiger partial charge in [-0.2, -0.15) is 0 Å². The molecule has 0 unspecified atom stereocenters. The number of carbonyl (C=O) groups is 2. The quantitative estimate of drug-likeness (QED) is 0.0705. The van der Waals surface area contributed by atoms with Crippen LogP contribution in [0.3, 0.4) is 0 Å². The van der Waals surface area contributed by atoms with Crippen LogP contribution in [0.5, 0.6) is 0 Å². The molecule has 1 heterocycles. The van der Waals surface area contributed by atoms with E-state index in [0.29, 0.717) is 0 Å². The number of aliphatic carboxylic acids is 2. The van der Waals surface area contributed by atoms with Gasteiger partial charge in [-0.25, -0.2) is 0 Å². The molecule has 2 N–H and O–H groups in total. The fourth-order valence-electron chi connectivity index (χ4n) is 4.49. The van der Waals surface area contributed by atoms with Crippen LogP contribution in [0.25, 0.3) is 0 Å². The summed E-state index contributed by atoms with van der Waals surface area (Å²) >= 11 is 0.149. The topological polar surface area (TPSA) is 104 Å². The van der Waals surface area contributed by atoms with E-state index in [4.69, 9.17) is 0 Å². The molecule has 1 saturated heterocycles. The predicted octanol–water partition coefficient (Wildman–Crippen LogP) is 7.62. The Morgan fingerprint density at radius 2 is 0.698 bits per heavy atom. The number of carboxylic acids is 2. The number of hydrogen-bond acceptors (Lipinski definition) is 6. The summed E-state index contributed by atoms with van der Waals surface area (Å²) in [5.41, 5.74) is 0. The van der Waals surface area contributed by atoms with Gasteiger partial charge in [0.25, 0.3) is 0 Å². The molecular weight excluding hydrogens is 643 g/mol. The van der Waals surface area contributed by atoms with Crippen LogP contribution in [0, 0.1) is 0 Å². The van der Waals surface area contributed by atoms with E-state index in [2.05, 4.69) is 38.3 Å². The normalized spacial score (nSPS) is 12.0. The Balaban J connectivity index is -0.000000518. The molecular formula is C36H74N2O4Sn. The van der Waals surface area contributed by atoms with E-state index in [1.165, 1.54) is 116 Å². The van der Waals surface area contributed by atoms with Gasteiger partial charge in [0.15, 0.2) is 0 Å². The second kappa shape index (κ2) is 46.1.